The van der Waals surface area contributed by atoms with Crippen LogP contribution in [0.1, 0.15) is 59.6 Å². The number of anilines is 1. The molecule has 0 atom stereocenters. The lowest BCUT2D eigenvalue weighted by Gasteiger charge is -2.15. The number of carbonyl (C=O) groups is 1. The average molecular weight is 391 g/mol. The van der Waals surface area contributed by atoms with Crippen LogP contribution >= 0.6 is 0 Å². The lowest BCUT2D eigenvalue weighted by atomic mass is 9.95. The molecule has 1 amide bonds. The number of halogens is 1. The molecule has 0 aliphatic heterocycles. The van der Waals surface area contributed by atoms with Gasteiger partial charge in [-0.1, -0.05) is 32.0 Å². The second-order valence-corrected chi connectivity index (χ2v) is 7.48. The fourth-order valence-corrected chi connectivity index (χ4v) is 4.15. The minimum atomic E-state index is -0.281. The van der Waals surface area contributed by atoms with Crippen LogP contribution in [0.25, 0.3) is 5.69 Å². The van der Waals surface area contributed by atoms with Gasteiger partial charge in [0.25, 0.3) is 5.91 Å². The fraction of sp³-hybridized carbons (Fsp3) is 0.333. The van der Waals surface area contributed by atoms with Crippen LogP contribution in [-0.2, 0) is 25.7 Å². The van der Waals surface area contributed by atoms with Crippen LogP contribution in [0.15, 0.2) is 42.5 Å². The standard InChI is InChI=1S/C24H26FN3O/c1-3-16-8-7-9-17(4-2)22(16)26-24(29)23-20-10-5-6-11-21(20)28(27-23)19-14-12-18(25)13-15-19/h7-9,12-15H,3-6,10-11H2,1-2H3,(H,26,29). The second-order valence-electron chi connectivity index (χ2n) is 7.48. The van der Waals surface area contributed by atoms with Gasteiger partial charge in [-0.05, 0) is 73.9 Å². The molecular weight excluding hydrogens is 365 g/mol. The van der Waals surface area contributed by atoms with Gasteiger partial charge in [-0.15, -0.1) is 0 Å². The van der Waals surface area contributed by atoms with Gasteiger partial charge in [0, 0.05) is 16.9 Å². The van der Waals surface area contributed by atoms with Crippen molar-refractivity contribution in [2.24, 2.45) is 0 Å². The van der Waals surface area contributed by atoms with Crippen LogP contribution in [0.2, 0.25) is 0 Å². The van der Waals surface area contributed by atoms with E-state index in [-0.39, 0.29) is 11.7 Å². The van der Waals surface area contributed by atoms with Gasteiger partial charge >= 0.3 is 0 Å². The summed E-state index contributed by atoms with van der Waals surface area (Å²) in [6.07, 6.45) is 5.54. The number of para-hydroxylation sites is 1. The van der Waals surface area contributed by atoms with Gasteiger partial charge in [0.15, 0.2) is 5.69 Å². The largest absolute Gasteiger partial charge is 0.320 e. The van der Waals surface area contributed by atoms with Crippen LogP contribution in [0.3, 0.4) is 0 Å². The van der Waals surface area contributed by atoms with Gasteiger partial charge in [-0.2, -0.15) is 5.10 Å². The van der Waals surface area contributed by atoms with Gasteiger partial charge in [0.2, 0.25) is 0 Å². The number of carbonyl (C=O) groups excluding carboxylic acids is 1. The number of hydrogen-bond acceptors (Lipinski definition) is 2. The first-order chi connectivity index (χ1) is 14.1. The van der Waals surface area contributed by atoms with Crippen molar-refractivity contribution in [3.63, 3.8) is 0 Å². The second kappa shape index (κ2) is 8.19. The number of aryl methyl sites for hydroxylation is 2. The molecule has 1 N–H and O–H groups in total. The first-order valence-electron chi connectivity index (χ1n) is 10.4. The van der Waals surface area contributed by atoms with Crippen molar-refractivity contribution in [2.75, 3.05) is 5.32 Å². The van der Waals surface area contributed by atoms with Crippen molar-refractivity contribution >= 4 is 11.6 Å². The van der Waals surface area contributed by atoms with Crippen LogP contribution < -0.4 is 5.32 Å². The van der Waals surface area contributed by atoms with Crippen LogP contribution in [0.4, 0.5) is 10.1 Å². The van der Waals surface area contributed by atoms with E-state index in [1.54, 1.807) is 12.1 Å². The first kappa shape index (κ1) is 19.4. The molecule has 1 aromatic heterocycles. The zero-order valence-corrected chi connectivity index (χ0v) is 17.0. The van der Waals surface area contributed by atoms with Crippen LogP contribution in [-0.4, -0.2) is 15.7 Å². The third-order valence-electron chi connectivity index (χ3n) is 5.70. The van der Waals surface area contributed by atoms with Gasteiger partial charge in [-0.3, -0.25) is 4.79 Å². The lowest BCUT2D eigenvalue weighted by Crippen LogP contribution is -2.17. The SMILES string of the molecule is CCc1cccc(CC)c1NC(=O)c1nn(-c2ccc(F)cc2)c2c1CCCC2. The molecule has 0 saturated carbocycles. The highest BCUT2D eigenvalue weighted by atomic mass is 19.1. The highest BCUT2D eigenvalue weighted by molar-refractivity contribution is 6.05. The normalized spacial score (nSPS) is 13.2. The smallest absolute Gasteiger partial charge is 0.276 e. The quantitative estimate of drug-likeness (QED) is 0.644. The molecule has 4 nitrogen and oxygen atoms in total. The summed E-state index contributed by atoms with van der Waals surface area (Å²) in [5, 5.41) is 7.83. The van der Waals surface area contributed by atoms with Crippen molar-refractivity contribution in [3.8, 4) is 5.69 Å². The van der Waals surface area contributed by atoms with Crippen molar-refractivity contribution in [2.45, 2.75) is 52.4 Å². The molecule has 0 unspecified atom stereocenters. The topological polar surface area (TPSA) is 46.9 Å². The van der Waals surface area contributed by atoms with E-state index in [0.29, 0.717) is 5.69 Å². The Kier molecular flexibility index (Phi) is 5.47. The van der Waals surface area contributed by atoms with Gasteiger partial charge < -0.3 is 5.32 Å². The Morgan fingerprint density at radius 1 is 1.03 bits per heavy atom. The Morgan fingerprint density at radius 2 is 1.69 bits per heavy atom. The number of nitrogens with one attached hydrogen (secondary N) is 1. The summed E-state index contributed by atoms with van der Waals surface area (Å²) in [6, 6.07) is 12.4. The highest BCUT2D eigenvalue weighted by Crippen LogP contribution is 2.29. The number of amides is 1. The Balaban J connectivity index is 1.74. The predicted molar refractivity (Wildman–Crippen MR) is 113 cm³/mol. The minimum absolute atomic E-state index is 0.167. The number of hydrogen-bond donors (Lipinski definition) is 1. The molecular formula is C24H26FN3O. The van der Waals surface area contributed by atoms with E-state index in [0.717, 1.165) is 72.3 Å². The summed E-state index contributed by atoms with van der Waals surface area (Å²) in [5.74, 6) is -0.449. The molecule has 5 heteroatoms. The molecule has 4 rings (SSSR count). The number of nitrogens with zero attached hydrogens (tertiary/aromatic N) is 2. The Bertz CT molecular complexity index is 1010. The molecule has 0 radical (unpaired) electrons. The molecule has 150 valence electrons. The van der Waals surface area contributed by atoms with Crippen molar-refractivity contribution in [1.82, 2.24) is 9.78 Å². The molecule has 0 bridgehead atoms. The van der Waals surface area contributed by atoms with E-state index in [4.69, 9.17) is 0 Å². The fourth-order valence-electron chi connectivity index (χ4n) is 4.15. The third-order valence-corrected chi connectivity index (χ3v) is 5.70. The van der Waals surface area contributed by atoms with Crippen molar-refractivity contribution in [1.29, 1.82) is 0 Å². The third kappa shape index (κ3) is 3.69. The maximum Gasteiger partial charge on any atom is 0.276 e. The van der Waals surface area contributed by atoms with Crippen LogP contribution in [0, 0.1) is 5.82 Å². The van der Waals surface area contributed by atoms with E-state index in [9.17, 15) is 9.18 Å². The zero-order valence-electron chi connectivity index (χ0n) is 17.0. The van der Waals surface area contributed by atoms with E-state index in [1.165, 1.54) is 12.1 Å². The maximum atomic E-state index is 13.4. The molecule has 3 aromatic rings. The summed E-state index contributed by atoms with van der Waals surface area (Å²) in [6.45, 7) is 4.19. The predicted octanol–water partition coefficient (Wildman–Crippen LogP) is 5.27. The molecule has 1 heterocycles. The number of benzene rings is 2. The Labute approximate surface area is 170 Å². The minimum Gasteiger partial charge on any atom is -0.320 e. The number of rotatable bonds is 5. The highest BCUT2D eigenvalue weighted by Gasteiger charge is 2.26. The molecule has 29 heavy (non-hydrogen) atoms. The summed E-state index contributed by atoms with van der Waals surface area (Å²) in [5.41, 5.74) is 6.51. The molecule has 0 spiro atoms. The van der Waals surface area contributed by atoms with Crippen LogP contribution in [0.5, 0.6) is 0 Å². The number of aromatic nitrogens is 2. The molecule has 1 aliphatic carbocycles. The summed E-state index contributed by atoms with van der Waals surface area (Å²) in [4.78, 5) is 13.3. The van der Waals surface area contributed by atoms with E-state index >= 15 is 0 Å². The molecule has 2 aromatic carbocycles. The van der Waals surface area contributed by atoms with Crippen molar-refractivity contribution in [3.05, 3.63) is 76.4 Å². The molecule has 0 saturated heterocycles. The first-order valence-corrected chi connectivity index (χ1v) is 10.4. The number of fused-ring (bicyclic) bond motifs is 1. The van der Waals surface area contributed by atoms with Gasteiger partial charge in [-0.25, -0.2) is 9.07 Å². The summed E-state index contributed by atoms with van der Waals surface area (Å²) >= 11 is 0. The summed E-state index contributed by atoms with van der Waals surface area (Å²) < 4.78 is 15.2. The molecule has 1 aliphatic rings. The molecule has 0 fully saturated rings. The zero-order chi connectivity index (χ0) is 20.4. The monoisotopic (exact) mass is 391 g/mol. The van der Waals surface area contributed by atoms with E-state index in [2.05, 4.69) is 36.4 Å². The summed E-state index contributed by atoms with van der Waals surface area (Å²) in [7, 11) is 0. The Hall–Kier alpha value is -2.95. The van der Waals surface area contributed by atoms with Gasteiger partial charge in [0.1, 0.15) is 5.82 Å². The average Bonchev–Trinajstić information content (AvgIpc) is 3.14. The van der Waals surface area contributed by atoms with E-state index in [1.807, 2.05) is 10.7 Å². The van der Waals surface area contributed by atoms with E-state index < -0.39 is 0 Å². The maximum absolute atomic E-state index is 13.4. The van der Waals surface area contributed by atoms with Gasteiger partial charge in [0.05, 0.1) is 5.69 Å². The Morgan fingerprint density at radius 3 is 2.34 bits per heavy atom. The lowest BCUT2D eigenvalue weighted by molar-refractivity contribution is 0.102. The van der Waals surface area contributed by atoms with Crippen molar-refractivity contribution < 1.29 is 9.18 Å².